The first kappa shape index (κ1) is 57.6. The van der Waals surface area contributed by atoms with Gasteiger partial charge in [0.25, 0.3) is 0 Å². The lowest BCUT2D eigenvalue weighted by Crippen LogP contribution is -2.64. The second kappa shape index (κ2) is 35.7. The zero-order chi connectivity index (χ0) is 46.8. The number of ether oxygens (including phenoxy) is 3. The minimum absolute atomic E-state index is 0.0502. The topological polar surface area (TPSA) is 222 Å². The number of unbranched alkanes of at least 4 members (excludes halogenated alkanes) is 13. The number of hydrogen-bond acceptors (Lipinski definition) is 13. The lowest BCUT2D eigenvalue weighted by atomic mass is 9.85. The summed E-state index contributed by atoms with van der Waals surface area (Å²) in [5, 5.41) is 50.2. The Balaban J connectivity index is 1.72. The molecule has 6 N–H and O–H groups in total. The smallest absolute Gasteiger partial charge is 0.462 e. The second-order valence-corrected chi connectivity index (χ2v) is 18.4. The van der Waals surface area contributed by atoms with E-state index in [9.17, 15) is 44.6 Å². The molecule has 0 amide bonds. The molecule has 368 valence electrons. The predicted molar refractivity (Wildman–Crippen MR) is 248 cm³/mol. The monoisotopic (exact) mass is 927 g/mol. The van der Waals surface area contributed by atoms with Crippen molar-refractivity contribution in [3.63, 3.8) is 0 Å². The lowest BCUT2D eigenvalue weighted by molar-refractivity contribution is -0.220. The van der Waals surface area contributed by atoms with E-state index in [0.717, 1.165) is 89.9 Å². The average Bonchev–Trinajstić information content (AvgIpc) is 4.03. The van der Waals surface area contributed by atoms with Crippen molar-refractivity contribution in [1.82, 2.24) is 0 Å². The first-order valence-corrected chi connectivity index (χ1v) is 25.7. The van der Waals surface area contributed by atoms with E-state index in [1.165, 1.54) is 38.5 Å². The summed E-state index contributed by atoms with van der Waals surface area (Å²) in [4.78, 5) is 35.8. The van der Waals surface area contributed by atoms with E-state index in [0.29, 0.717) is 25.0 Å². The van der Waals surface area contributed by atoms with Crippen LogP contribution in [0.5, 0.6) is 0 Å². The van der Waals surface area contributed by atoms with Crippen molar-refractivity contribution < 1.29 is 67.8 Å². The van der Waals surface area contributed by atoms with Crippen LogP contribution in [0.25, 0.3) is 0 Å². The third kappa shape index (κ3) is 27.2. The van der Waals surface area contributed by atoms with E-state index >= 15 is 0 Å². The Hall–Kier alpha value is -2.49. The summed E-state index contributed by atoms with van der Waals surface area (Å²) >= 11 is 0. The molecule has 1 saturated heterocycles. The highest BCUT2D eigenvalue weighted by molar-refractivity contribution is 7.47. The van der Waals surface area contributed by atoms with Crippen molar-refractivity contribution in [2.24, 2.45) is 0 Å². The molecule has 0 aromatic rings. The number of rotatable bonds is 38. The van der Waals surface area contributed by atoms with Crippen molar-refractivity contribution in [2.45, 2.75) is 223 Å². The predicted octanol–water partition coefficient (Wildman–Crippen LogP) is 8.71. The molecule has 14 nitrogen and oxygen atoms in total. The molecule has 0 aromatic carbocycles. The van der Waals surface area contributed by atoms with Gasteiger partial charge in [0.2, 0.25) is 0 Å². The van der Waals surface area contributed by atoms with Gasteiger partial charge in [-0.2, -0.15) is 0 Å². The molecule has 2 aliphatic rings. The third-order valence-electron chi connectivity index (χ3n) is 11.3. The van der Waals surface area contributed by atoms with Crippen LogP contribution in [0.2, 0.25) is 0 Å². The fourth-order valence-electron chi connectivity index (χ4n) is 7.22. The Labute approximate surface area is 383 Å². The molecule has 5 unspecified atom stereocenters. The fraction of sp³-hybridized carbons (Fsp3) is 0.755. The normalized spacial score (nSPS) is 25.2. The van der Waals surface area contributed by atoms with Gasteiger partial charge in [0.05, 0.1) is 18.8 Å². The molecule has 64 heavy (non-hydrogen) atoms. The minimum atomic E-state index is -5.14. The summed E-state index contributed by atoms with van der Waals surface area (Å²) in [5.41, 5.74) is 0. The molecular weight excluding hydrogens is 843 g/mol. The van der Waals surface area contributed by atoms with Crippen LogP contribution in [0.4, 0.5) is 0 Å². The molecule has 15 heteroatoms. The maximum Gasteiger partial charge on any atom is 0.472 e. The molecule has 1 aliphatic heterocycles. The van der Waals surface area contributed by atoms with Crippen LogP contribution in [0.3, 0.4) is 0 Å². The van der Waals surface area contributed by atoms with Crippen LogP contribution >= 0.6 is 7.82 Å². The van der Waals surface area contributed by atoms with Crippen LogP contribution in [0.15, 0.2) is 60.8 Å². The third-order valence-corrected chi connectivity index (χ3v) is 12.2. The van der Waals surface area contributed by atoms with Gasteiger partial charge in [-0.25, -0.2) is 4.57 Å². The minimum Gasteiger partial charge on any atom is -0.462 e. The van der Waals surface area contributed by atoms with Crippen molar-refractivity contribution in [1.29, 1.82) is 0 Å². The number of epoxide rings is 1. The Bertz CT molecular complexity index is 1420. The largest absolute Gasteiger partial charge is 0.472 e. The Morgan fingerprint density at radius 1 is 0.562 bits per heavy atom. The molecule has 2 rings (SSSR count). The summed E-state index contributed by atoms with van der Waals surface area (Å²) in [6.07, 6.45) is 31.4. The molecule has 0 aromatic heterocycles. The van der Waals surface area contributed by atoms with E-state index in [1.54, 1.807) is 0 Å². The van der Waals surface area contributed by atoms with Gasteiger partial charge in [-0.3, -0.25) is 18.6 Å². The maximum absolute atomic E-state index is 12.8. The van der Waals surface area contributed by atoms with Gasteiger partial charge in [-0.05, 0) is 83.5 Å². The number of aliphatic hydroxyl groups excluding tert-OH is 5. The van der Waals surface area contributed by atoms with Crippen LogP contribution in [0, 0.1) is 0 Å². The molecule has 2 fully saturated rings. The quantitative estimate of drug-likeness (QED) is 0.0112. The van der Waals surface area contributed by atoms with E-state index in [2.05, 4.69) is 74.6 Å². The van der Waals surface area contributed by atoms with Crippen molar-refractivity contribution in [3.05, 3.63) is 60.8 Å². The van der Waals surface area contributed by atoms with Gasteiger partial charge < -0.3 is 44.6 Å². The molecule has 1 heterocycles. The van der Waals surface area contributed by atoms with Crippen molar-refractivity contribution >= 4 is 19.8 Å². The Kier molecular flexibility index (Phi) is 32.1. The first-order valence-electron chi connectivity index (χ1n) is 24.2. The number of carbonyl (C=O) groups excluding carboxylic acids is 2. The van der Waals surface area contributed by atoms with Gasteiger partial charge in [0, 0.05) is 12.8 Å². The number of allylic oxidation sites excluding steroid dienone is 9. The summed E-state index contributed by atoms with van der Waals surface area (Å²) in [5.74, 6) is -1.16. The molecule has 10 atom stereocenters. The van der Waals surface area contributed by atoms with Crippen LogP contribution in [-0.4, -0.2) is 111 Å². The molecule has 1 aliphatic carbocycles. The van der Waals surface area contributed by atoms with Gasteiger partial charge in [-0.15, -0.1) is 0 Å². The van der Waals surface area contributed by atoms with Gasteiger partial charge in [0.15, 0.2) is 6.10 Å². The van der Waals surface area contributed by atoms with Gasteiger partial charge in [-0.1, -0.05) is 132 Å². The number of aliphatic hydroxyl groups is 5. The summed E-state index contributed by atoms with van der Waals surface area (Å²) in [6.45, 7) is 3.19. The number of hydrogen-bond donors (Lipinski definition) is 6. The van der Waals surface area contributed by atoms with E-state index in [4.69, 9.17) is 23.3 Å². The van der Waals surface area contributed by atoms with Crippen LogP contribution < -0.4 is 0 Å². The van der Waals surface area contributed by atoms with E-state index in [1.807, 2.05) is 0 Å². The second-order valence-electron chi connectivity index (χ2n) is 17.0. The number of phosphoric acid groups is 1. The van der Waals surface area contributed by atoms with Crippen LogP contribution in [-0.2, 0) is 37.4 Å². The van der Waals surface area contributed by atoms with E-state index in [-0.39, 0.29) is 12.8 Å². The average molecular weight is 927 g/mol. The maximum atomic E-state index is 12.8. The molecular formula is C49H83O14P. The van der Waals surface area contributed by atoms with E-state index < -0.39 is 75.7 Å². The van der Waals surface area contributed by atoms with Crippen molar-refractivity contribution in [3.8, 4) is 0 Å². The number of esters is 2. The van der Waals surface area contributed by atoms with Crippen molar-refractivity contribution in [2.75, 3.05) is 13.2 Å². The highest BCUT2D eigenvalue weighted by Gasteiger charge is 2.51. The standard InChI is InChI=1S/C49H83O14P/c1-3-5-7-9-11-12-13-14-15-16-17-18-19-20-21-22-23-27-32-36-43(51)61-39(38-60-64(57,58)63-49-47(55)45(53)44(52)46(54)48(49)56)37-59-42(50)35-31-28-24-26-30-34-41-40(62-41)33-29-25-10-8-6-4-2/h11-12,14-15,17-18,20-21,25,29,39-41,44-49,52-56H,3-10,13,16,19,22-24,26-28,30-38H2,1-2H3,(H,57,58)/b12-11-,15-14-,18-17-,21-20-,29-25-/t39-,40?,41?,44?,45-,46+,47-,48-,49?/m1/s1. The number of phosphoric ester groups is 1. The summed E-state index contributed by atoms with van der Waals surface area (Å²) in [6, 6.07) is 0. The summed E-state index contributed by atoms with van der Waals surface area (Å²) < 4.78 is 39.3. The summed E-state index contributed by atoms with van der Waals surface area (Å²) in [7, 11) is -5.14. The highest BCUT2D eigenvalue weighted by atomic mass is 31.2. The molecule has 0 radical (unpaired) electrons. The Morgan fingerprint density at radius 3 is 1.61 bits per heavy atom. The van der Waals surface area contributed by atoms with Gasteiger partial charge in [0.1, 0.15) is 43.2 Å². The fourth-order valence-corrected chi connectivity index (χ4v) is 8.19. The highest BCUT2D eigenvalue weighted by Crippen LogP contribution is 2.47. The SMILES string of the molecule is CCCCC/C=C\C/C=C\C/C=C\C/C=C\CCCCCC(=O)O[C@H](COC(=O)CCCCCCCC1OC1C/C=C\CCCCC)COP(=O)(O)OC1[C@H](O)[C@H](O)C(O)[C@H](O)[C@H]1O. The number of carbonyl (C=O) groups is 2. The Morgan fingerprint density at radius 2 is 1.03 bits per heavy atom. The lowest BCUT2D eigenvalue weighted by Gasteiger charge is -2.41. The molecule has 1 saturated carbocycles. The molecule has 0 spiro atoms. The zero-order valence-corrected chi connectivity index (χ0v) is 39.6. The zero-order valence-electron chi connectivity index (χ0n) is 38.8. The first-order chi connectivity index (χ1) is 30.9. The molecule has 0 bridgehead atoms. The van der Waals surface area contributed by atoms with Gasteiger partial charge >= 0.3 is 19.8 Å². The van der Waals surface area contributed by atoms with Crippen LogP contribution in [0.1, 0.15) is 168 Å².